The lowest BCUT2D eigenvalue weighted by Crippen LogP contribution is -2.43. The Hall–Kier alpha value is -2.18. The zero-order chi connectivity index (χ0) is 17.6. The fourth-order valence-corrected chi connectivity index (χ4v) is 4.17. The number of aromatic nitrogens is 2. The van der Waals surface area contributed by atoms with Crippen LogP contribution in [0.4, 0.5) is 13.6 Å². The summed E-state index contributed by atoms with van der Waals surface area (Å²) in [7, 11) is 1.90. The molecule has 2 aromatic rings. The highest BCUT2D eigenvalue weighted by atomic mass is 19.3. The second-order valence-electron chi connectivity index (χ2n) is 7.11. The van der Waals surface area contributed by atoms with Crippen molar-refractivity contribution in [2.24, 2.45) is 13.0 Å². The van der Waals surface area contributed by atoms with Gasteiger partial charge in [0.15, 0.2) is 0 Å². The van der Waals surface area contributed by atoms with Crippen molar-refractivity contribution in [3.8, 4) is 0 Å². The normalized spacial score (nSPS) is 24.7. The first kappa shape index (κ1) is 16.3. The number of carbonyl (C=O) groups is 1. The van der Waals surface area contributed by atoms with E-state index < -0.39 is 11.8 Å². The van der Waals surface area contributed by atoms with Crippen LogP contribution in [0.15, 0.2) is 24.3 Å². The second-order valence-corrected chi connectivity index (χ2v) is 7.11. The topological polar surface area (TPSA) is 50.2 Å². The zero-order valence-corrected chi connectivity index (χ0v) is 14.2. The number of rotatable bonds is 3. The number of nitrogens with zero attached hydrogens (tertiary/aromatic N) is 3. The first-order valence-electron chi connectivity index (χ1n) is 8.78. The van der Waals surface area contributed by atoms with E-state index in [1.807, 2.05) is 36.0 Å². The number of hydrogen-bond donors (Lipinski definition) is 1. The highest BCUT2D eigenvalue weighted by molar-refractivity contribution is 5.82. The first-order valence-corrected chi connectivity index (χ1v) is 8.78. The minimum atomic E-state index is -2.63. The average molecular weight is 348 g/mol. The number of para-hydroxylation sites is 1. The molecule has 5 nitrogen and oxygen atoms in total. The Morgan fingerprint density at radius 3 is 3.00 bits per heavy atom. The summed E-state index contributed by atoms with van der Waals surface area (Å²) in [6, 6.07) is 7.69. The van der Waals surface area contributed by atoms with E-state index in [9.17, 15) is 13.6 Å². The highest BCUT2D eigenvalue weighted by Gasteiger charge is 2.52. The number of urea groups is 1. The number of carbonyl (C=O) groups excluding carboxylic acids is 1. The number of nitrogens with one attached hydrogen (secondary N) is 1. The smallest absolute Gasteiger partial charge is 0.317 e. The molecule has 2 aliphatic rings. The van der Waals surface area contributed by atoms with E-state index in [1.165, 1.54) is 0 Å². The van der Waals surface area contributed by atoms with Gasteiger partial charge in [0.05, 0.1) is 11.2 Å². The van der Waals surface area contributed by atoms with Gasteiger partial charge in [0.2, 0.25) is 0 Å². The van der Waals surface area contributed by atoms with Crippen molar-refractivity contribution in [1.29, 1.82) is 0 Å². The predicted octanol–water partition coefficient (Wildman–Crippen LogP) is 2.95. The van der Waals surface area contributed by atoms with E-state index in [4.69, 9.17) is 0 Å². The molecule has 1 aliphatic carbocycles. The van der Waals surface area contributed by atoms with Crippen LogP contribution < -0.4 is 5.32 Å². The molecule has 25 heavy (non-hydrogen) atoms. The van der Waals surface area contributed by atoms with Gasteiger partial charge in [0.25, 0.3) is 5.92 Å². The van der Waals surface area contributed by atoms with Crippen LogP contribution in [0.5, 0.6) is 0 Å². The molecular formula is C18H22F2N4O. The van der Waals surface area contributed by atoms with Crippen molar-refractivity contribution in [2.45, 2.75) is 37.6 Å². The first-order chi connectivity index (χ1) is 12.0. The van der Waals surface area contributed by atoms with Gasteiger partial charge in [0.1, 0.15) is 0 Å². The predicted molar refractivity (Wildman–Crippen MR) is 90.6 cm³/mol. The van der Waals surface area contributed by atoms with E-state index in [2.05, 4.69) is 10.4 Å². The van der Waals surface area contributed by atoms with Crippen LogP contribution in [-0.4, -0.2) is 45.8 Å². The van der Waals surface area contributed by atoms with Crippen molar-refractivity contribution < 1.29 is 13.6 Å². The number of benzene rings is 1. The summed E-state index contributed by atoms with van der Waals surface area (Å²) in [6.45, 7) is 0.611. The summed E-state index contributed by atoms with van der Waals surface area (Å²) >= 11 is 0. The Labute approximate surface area is 145 Å². The van der Waals surface area contributed by atoms with Crippen LogP contribution in [0.3, 0.4) is 0 Å². The number of aryl methyl sites for hydroxylation is 1. The molecule has 1 saturated heterocycles. The Morgan fingerprint density at radius 1 is 1.40 bits per heavy atom. The quantitative estimate of drug-likeness (QED) is 0.927. The Kier molecular flexibility index (Phi) is 3.89. The molecule has 1 N–H and O–H groups in total. The minimum absolute atomic E-state index is 0.0414. The summed E-state index contributed by atoms with van der Waals surface area (Å²) in [5.74, 6) is -3.31. The van der Waals surface area contributed by atoms with Gasteiger partial charge in [-0.1, -0.05) is 18.2 Å². The molecule has 2 heterocycles. The molecular weight excluding hydrogens is 326 g/mol. The zero-order valence-electron chi connectivity index (χ0n) is 14.2. The summed E-state index contributed by atoms with van der Waals surface area (Å²) in [5, 5.41) is 8.47. The summed E-state index contributed by atoms with van der Waals surface area (Å²) in [4.78, 5) is 14.0. The number of fused-ring (bicyclic) bond motifs is 3. The lowest BCUT2D eigenvalue weighted by molar-refractivity contribution is -0.0709. The van der Waals surface area contributed by atoms with Crippen LogP contribution in [-0.2, 0) is 13.5 Å². The molecule has 2 amide bonds. The number of halogens is 2. The molecule has 4 rings (SSSR count). The van der Waals surface area contributed by atoms with E-state index in [0.717, 1.165) is 16.6 Å². The molecule has 2 bridgehead atoms. The van der Waals surface area contributed by atoms with Gasteiger partial charge in [-0.2, -0.15) is 5.10 Å². The van der Waals surface area contributed by atoms with Gasteiger partial charge in [-0.3, -0.25) is 4.68 Å². The van der Waals surface area contributed by atoms with E-state index in [1.54, 1.807) is 4.90 Å². The fraction of sp³-hybridized carbons (Fsp3) is 0.556. The van der Waals surface area contributed by atoms with Crippen molar-refractivity contribution in [3.05, 3.63) is 30.0 Å². The summed E-state index contributed by atoms with van der Waals surface area (Å²) in [5.41, 5.74) is 1.99. The van der Waals surface area contributed by atoms with Crippen molar-refractivity contribution in [3.63, 3.8) is 0 Å². The SMILES string of the molecule is Cn1nc(CCNC(=O)N2CC3CC2CCC3(F)F)c2ccccc21. The molecule has 1 aromatic carbocycles. The van der Waals surface area contributed by atoms with Gasteiger partial charge in [-0.15, -0.1) is 0 Å². The van der Waals surface area contributed by atoms with Crippen molar-refractivity contribution in [1.82, 2.24) is 20.0 Å². The van der Waals surface area contributed by atoms with Gasteiger partial charge >= 0.3 is 6.03 Å². The van der Waals surface area contributed by atoms with E-state index >= 15 is 0 Å². The van der Waals surface area contributed by atoms with Crippen LogP contribution in [0.1, 0.15) is 25.0 Å². The molecule has 1 aliphatic heterocycles. The monoisotopic (exact) mass is 348 g/mol. The molecule has 1 aromatic heterocycles. The van der Waals surface area contributed by atoms with Crippen molar-refractivity contribution >= 4 is 16.9 Å². The molecule has 7 heteroatoms. The third kappa shape index (κ3) is 2.85. The molecule has 2 fully saturated rings. The third-order valence-electron chi connectivity index (χ3n) is 5.56. The van der Waals surface area contributed by atoms with Crippen LogP contribution >= 0.6 is 0 Å². The Morgan fingerprint density at radius 2 is 2.20 bits per heavy atom. The fourth-order valence-electron chi connectivity index (χ4n) is 4.17. The summed E-state index contributed by atoms with van der Waals surface area (Å²) < 4.78 is 29.4. The summed E-state index contributed by atoms with van der Waals surface area (Å²) in [6.07, 6.45) is 1.32. The largest absolute Gasteiger partial charge is 0.338 e. The van der Waals surface area contributed by atoms with E-state index in [-0.39, 0.29) is 25.0 Å². The Balaban J connectivity index is 1.37. The maximum atomic E-state index is 13.8. The van der Waals surface area contributed by atoms with Gasteiger partial charge < -0.3 is 10.2 Å². The number of alkyl halides is 2. The van der Waals surface area contributed by atoms with Crippen molar-refractivity contribution in [2.75, 3.05) is 13.1 Å². The molecule has 0 radical (unpaired) electrons. The van der Waals surface area contributed by atoms with E-state index in [0.29, 0.717) is 25.8 Å². The lowest BCUT2D eigenvalue weighted by atomic mass is 9.87. The number of amides is 2. The lowest BCUT2D eigenvalue weighted by Gasteiger charge is -2.28. The number of hydrogen-bond acceptors (Lipinski definition) is 2. The van der Waals surface area contributed by atoms with Gasteiger partial charge in [0, 0.05) is 50.3 Å². The van der Waals surface area contributed by atoms with Gasteiger partial charge in [-0.25, -0.2) is 13.6 Å². The molecule has 1 saturated carbocycles. The van der Waals surface area contributed by atoms with Crippen LogP contribution in [0.2, 0.25) is 0 Å². The average Bonchev–Trinajstić information content (AvgIpc) is 3.13. The Bertz CT molecular complexity index is 803. The highest BCUT2D eigenvalue weighted by Crippen LogP contribution is 2.45. The maximum Gasteiger partial charge on any atom is 0.317 e. The molecule has 134 valence electrons. The minimum Gasteiger partial charge on any atom is -0.338 e. The molecule has 2 atom stereocenters. The van der Waals surface area contributed by atoms with Gasteiger partial charge in [-0.05, 0) is 18.9 Å². The standard InChI is InChI=1S/C18H22F2N4O/c1-23-16-5-3-2-4-14(16)15(22-23)7-9-21-17(25)24-11-12-10-13(24)6-8-18(12,19)20/h2-5,12-13H,6-11H2,1H3,(H,21,25). The third-order valence-corrected chi connectivity index (χ3v) is 5.56. The van der Waals surface area contributed by atoms with Crippen LogP contribution in [0.25, 0.3) is 10.9 Å². The molecule has 2 unspecified atom stereocenters. The van der Waals surface area contributed by atoms with Crippen LogP contribution in [0, 0.1) is 5.92 Å². The second kappa shape index (κ2) is 5.97. The maximum absolute atomic E-state index is 13.8. The molecule has 0 spiro atoms. The number of likely N-dealkylation sites (tertiary alicyclic amines) is 1.